The molecule has 1 N–H and O–H groups in total. The van der Waals surface area contributed by atoms with Crippen LogP contribution in [0.15, 0.2) is 0 Å². The summed E-state index contributed by atoms with van der Waals surface area (Å²) in [4.78, 5) is 55.3. The van der Waals surface area contributed by atoms with Gasteiger partial charge in [-0.2, -0.15) is 0 Å². The molecule has 0 aromatic rings. The van der Waals surface area contributed by atoms with E-state index in [1.54, 1.807) is 34.8 Å². The molecule has 10 nitrogen and oxygen atoms in total. The number of hydrogen-bond acceptors (Lipinski definition) is 10. The van der Waals surface area contributed by atoms with E-state index in [9.17, 15) is 29.1 Å². The number of aliphatic hydroxyl groups is 1. The van der Waals surface area contributed by atoms with Gasteiger partial charge in [-0.25, -0.2) is 0 Å². The second kappa shape index (κ2) is 50.0. The standard InChI is InChI=1S/C12H26O.C10H18O3.C9H18O2.C8H14O4.CH4.8B/c1-8(2)10(5)11(6)12(13-7)9(3)4;1-6(2)9(12)10(13-5)7(3)8(4)11;1-6(2)9(11-5)7(3)8(4)10;1-5(6(2)9)8(11)7(10)4-12-3;;;;;;;;;/h8-12H,1-7H3;6-7,10H,1-5H3;6-7,9H,1-5H3;5,8,11H,4H2,1-3H3;1H4;;;;;;;;. The number of methoxy groups -OCH3 is 4. The van der Waals surface area contributed by atoms with Crippen molar-refractivity contribution in [2.24, 2.45) is 53.3 Å². The van der Waals surface area contributed by atoms with Gasteiger partial charge < -0.3 is 24.1 Å². The minimum atomic E-state index is -1.23. The van der Waals surface area contributed by atoms with Crippen LogP contribution < -0.4 is 0 Å². The van der Waals surface area contributed by atoms with Crippen LogP contribution in [0, 0.1) is 53.3 Å². The molecular weight excluding hydrogens is 727 g/mol. The Morgan fingerprint density at radius 1 is 0.466 bits per heavy atom. The molecule has 0 spiro atoms. The molecular formula is C40H80B8O10. The molecule has 0 saturated carbocycles. The molecule has 9 atom stereocenters. The van der Waals surface area contributed by atoms with Gasteiger partial charge in [0.1, 0.15) is 36.2 Å². The van der Waals surface area contributed by atoms with Crippen LogP contribution in [0.2, 0.25) is 0 Å². The number of ketones is 5. The first-order chi connectivity index (χ1) is 22.3. The summed E-state index contributed by atoms with van der Waals surface area (Å²) in [5, 5.41) is 9.24. The van der Waals surface area contributed by atoms with Crippen molar-refractivity contribution in [3.8, 4) is 0 Å². The molecule has 0 aliphatic heterocycles. The molecule has 0 aromatic heterocycles. The summed E-state index contributed by atoms with van der Waals surface area (Å²) >= 11 is 0. The Labute approximate surface area is 374 Å². The average Bonchev–Trinajstić information content (AvgIpc) is 3.00. The third kappa shape index (κ3) is 38.8. The molecule has 0 fully saturated rings. The van der Waals surface area contributed by atoms with Gasteiger partial charge in [0.05, 0.1) is 12.2 Å². The third-order valence-corrected chi connectivity index (χ3v) is 9.32. The second-order valence-corrected chi connectivity index (χ2v) is 14.6. The highest BCUT2D eigenvalue weighted by molar-refractivity contribution is 5.91. The SMILES string of the molecule is C.COC(C(=O)C(C)C)C(C)C(C)=O.COC(C(C)C)C(C)C(C)=O.COC(C(C)C)C(C)C(C)C(C)C.COCC(=O)C(O)C(C)C(C)=O.[B].[B].[B].[B].[B].[B].[B].[B]. The average molecular weight is 808 g/mol. The molecule has 0 amide bonds. The van der Waals surface area contributed by atoms with Crippen molar-refractivity contribution in [3.05, 3.63) is 0 Å². The fourth-order valence-corrected chi connectivity index (χ4v) is 5.12. The highest BCUT2D eigenvalue weighted by atomic mass is 16.5. The van der Waals surface area contributed by atoms with E-state index in [1.165, 1.54) is 35.0 Å². The van der Waals surface area contributed by atoms with E-state index in [0.29, 0.717) is 23.9 Å². The molecule has 0 aliphatic carbocycles. The Balaban J connectivity index is -0.0000000403. The maximum Gasteiger partial charge on any atom is 0.187 e. The summed E-state index contributed by atoms with van der Waals surface area (Å²) in [6.07, 6.45) is -1.36. The van der Waals surface area contributed by atoms with Crippen LogP contribution in [-0.2, 0) is 42.9 Å². The number of ether oxygens (including phenoxy) is 4. The van der Waals surface area contributed by atoms with E-state index < -0.39 is 23.9 Å². The molecule has 0 rings (SSSR count). The van der Waals surface area contributed by atoms with Gasteiger partial charge in [-0.15, -0.1) is 0 Å². The van der Waals surface area contributed by atoms with Crippen LogP contribution in [0.1, 0.15) is 118 Å². The van der Waals surface area contributed by atoms with Gasteiger partial charge in [-0.05, 0) is 50.4 Å². The number of carbonyl (C=O) groups excluding carboxylic acids is 5. The van der Waals surface area contributed by atoms with Crippen molar-refractivity contribution < 1.29 is 48.0 Å². The molecule has 0 bridgehead atoms. The number of hydrogen-bond donors (Lipinski definition) is 1. The van der Waals surface area contributed by atoms with Crippen molar-refractivity contribution >= 4 is 96.2 Å². The maximum atomic E-state index is 11.5. The first-order valence-corrected chi connectivity index (χ1v) is 17.7. The zero-order valence-electron chi connectivity index (χ0n) is 39.5. The van der Waals surface area contributed by atoms with E-state index in [2.05, 4.69) is 60.1 Å². The number of Topliss-reactive ketones (excluding diaryl/α,β-unsaturated/α-hetero) is 5. The molecule has 18 heteroatoms. The van der Waals surface area contributed by atoms with Crippen molar-refractivity contribution in [3.63, 3.8) is 0 Å². The van der Waals surface area contributed by atoms with E-state index in [1.807, 2.05) is 14.0 Å². The summed E-state index contributed by atoms with van der Waals surface area (Å²) in [5.74, 6) is 1.58. The molecule has 58 heavy (non-hydrogen) atoms. The Morgan fingerprint density at radius 2 is 0.793 bits per heavy atom. The molecule has 0 saturated heterocycles. The van der Waals surface area contributed by atoms with E-state index >= 15 is 0 Å². The topological polar surface area (TPSA) is 143 Å². The lowest BCUT2D eigenvalue weighted by Gasteiger charge is -2.32. The number of rotatable bonds is 19. The number of aliphatic hydroxyl groups excluding tert-OH is 1. The van der Waals surface area contributed by atoms with Crippen LogP contribution >= 0.6 is 0 Å². The van der Waals surface area contributed by atoms with Crippen molar-refractivity contribution in [1.29, 1.82) is 0 Å². The van der Waals surface area contributed by atoms with Gasteiger partial charge in [0.15, 0.2) is 11.6 Å². The Hall–Kier alpha value is -1.33. The zero-order valence-corrected chi connectivity index (χ0v) is 39.5. The largest absolute Gasteiger partial charge is 0.384 e. The maximum absolute atomic E-state index is 11.5. The lowest BCUT2D eigenvalue weighted by molar-refractivity contribution is -0.140. The van der Waals surface area contributed by atoms with Crippen molar-refractivity contribution in [2.45, 2.75) is 143 Å². The van der Waals surface area contributed by atoms with Gasteiger partial charge in [0, 0.05) is 119 Å². The molecule has 9 unspecified atom stereocenters. The van der Waals surface area contributed by atoms with Gasteiger partial charge in [-0.3, -0.25) is 24.0 Å². The molecule has 324 valence electrons. The Morgan fingerprint density at radius 3 is 0.983 bits per heavy atom. The normalized spacial score (nSPS) is 14.1. The monoisotopic (exact) mass is 809 g/mol. The third-order valence-electron chi connectivity index (χ3n) is 9.32. The van der Waals surface area contributed by atoms with Gasteiger partial charge in [0.2, 0.25) is 0 Å². The highest BCUT2D eigenvalue weighted by Gasteiger charge is 2.30. The van der Waals surface area contributed by atoms with Crippen molar-refractivity contribution in [2.75, 3.05) is 35.0 Å². The van der Waals surface area contributed by atoms with E-state index in [0.717, 1.165) is 11.8 Å². The quantitative estimate of drug-likeness (QED) is 0.188. The molecule has 0 heterocycles. The summed E-state index contributed by atoms with van der Waals surface area (Å²) in [5.41, 5.74) is 0. The smallest absolute Gasteiger partial charge is 0.187 e. The zero-order chi connectivity index (χ0) is 39.9. The van der Waals surface area contributed by atoms with Crippen LogP contribution in [0.5, 0.6) is 0 Å². The first kappa shape index (κ1) is 92.1. The second-order valence-electron chi connectivity index (χ2n) is 14.6. The fraction of sp³-hybridized carbons (Fsp3) is 0.875. The minimum absolute atomic E-state index is 0. The number of carbonyl (C=O) groups is 5. The van der Waals surface area contributed by atoms with Gasteiger partial charge in [-0.1, -0.05) is 97.4 Å². The van der Waals surface area contributed by atoms with Crippen molar-refractivity contribution in [1.82, 2.24) is 0 Å². The Kier molecular flexibility index (Phi) is 79.4. The highest BCUT2D eigenvalue weighted by Crippen LogP contribution is 2.28. The Bertz CT molecular complexity index is 961. The molecule has 0 aliphatic rings. The first-order valence-electron chi connectivity index (χ1n) is 17.7. The van der Waals surface area contributed by atoms with Crippen LogP contribution in [0.4, 0.5) is 0 Å². The summed E-state index contributed by atoms with van der Waals surface area (Å²) in [6.45, 7) is 30.8. The summed E-state index contributed by atoms with van der Waals surface area (Å²) in [6, 6.07) is 0. The lowest BCUT2D eigenvalue weighted by atomic mass is 9.79. The van der Waals surface area contributed by atoms with Gasteiger partial charge in [0.25, 0.3) is 0 Å². The summed E-state index contributed by atoms with van der Waals surface area (Å²) in [7, 11) is 6.31. The molecule has 0 aromatic carbocycles. The van der Waals surface area contributed by atoms with Crippen LogP contribution in [-0.4, -0.2) is 161 Å². The predicted molar refractivity (Wildman–Crippen MR) is 250 cm³/mol. The van der Waals surface area contributed by atoms with Crippen LogP contribution in [0.25, 0.3) is 0 Å². The van der Waals surface area contributed by atoms with E-state index in [-0.39, 0.29) is 128 Å². The van der Waals surface area contributed by atoms with Gasteiger partial charge >= 0.3 is 0 Å². The fourth-order valence-electron chi connectivity index (χ4n) is 5.12. The predicted octanol–water partition coefficient (Wildman–Crippen LogP) is 4.30. The van der Waals surface area contributed by atoms with Crippen LogP contribution in [0.3, 0.4) is 0 Å². The summed E-state index contributed by atoms with van der Waals surface area (Å²) < 4.78 is 20.3. The van der Waals surface area contributed by atoms with E-state index in [4.69, 9.17) is 14.2 Å². The lowest BCUT2D eigenvalue weighted by Crippen LogP contribution is -2.36. The minimum Gasteiger partial charge on any atom is -0.384 e. The molecule has 24 radical (unpaired) electrons.